The molecular formula is C24H30FN7. The van der Waals surface area contributed by atoms with Gasteiger partial charge in [0.05, 0.1) is 17.4 Å². The monoisotopic (exact) mass is 435 g/mol. The molecule has 1 aliphatic rings. The molecule has 0 unspecified atom stereocenters. The molecule has 168 valence electrons. The highest BCUT2D eigenvalue weighted by Gasteiger charge is 2.26. The molecule has 1 N–H and O–H groups in total. The Labute approximate surface area is 187 Å². The van der Waals surface area contributed by atoms with Crippen molar-refractivity contribution in [1.29, 1.82) is 0 Å². The van der Waals surface area contributed by atoms with Gasteiger partial charge in [0.1, 0.15) is 6.33 Å². The average molecular weight is 436 g/mol. The summed E-state index contributed by atoms with van der Waals surface area (Å²) in [6, 6.07) is 0. The molecule has 8 heteroatoms. The predicted octanol–water partition coefficient (Wildman–Crippen LogP) is 4.29. The minimum Gasteiger partial charge on any atom is -0.353 e. The van der Waals surface area contributed by atoms with E-state index in [1.807, 2.05) is 6.20 Å². The number of anilines is 1. The summed E-state index contributed by atoms with van der Waals surface area (Å²) in [7, 11) is 0. The molecule has 5 rings (SSSR count). The Morgan fingerprint density at radius 2 is 1.84 bits per heavy atom. The van der Waals surface area contributed by atoms with E-state index < -0.39 is 0 Å². The second-order valence-electron chi connectivity index (χ2n) is 9.00. The fourth-order valence-corrected chi connectivity index (χ4v) is 4.90. The van der Waals surface area contributed by atoms with Crippen LogP contribution in [0.1, 0.15) is 43.4 Å². The number of pyridine rings is 2. The van der Waals surface area contributed by atoms with Crippen LogP contribution in [0.4, 0.5) is 10.2 Å². The Hall–Kier alpha value is -3.00. The maximum absolute atomic E-state index is 16.0. The maximum Gasteiger partial charge on any atom is 0.175 e. The number of halogens is 1. The first-order valence-electron chi connectivity index (χ1n) is 11.4. The molecular weight excluding hydrogens is 405 g/mol. The SMILES string of the molecule is CCN1CCN(c2ncc3[nH]c(-c4cn5ncnc5c(C)c4C)c(C(C)C)c3c2F)CC1. The number of aromatic amines is 1. The fraction of sp³-hybridized carbons (Fsp3) is 0.458. The zero-order valence-corrected chi connectivity index (χ0v) is 19.4. The molecule has 0 atom stereocenters. The summed E-state index contributed by atoms with van der Waals surface area (Å²) in [5.74, 6) is 0.363. The van der Waals surface area contributed by atoms with Crippen LogP contribution in [0.3, 0.4) is 0 Å². The molecule has 0 saturated carbocycles. The van der Waals surface area contributed by atoms with Crippen molar-refractivity contribution in [1.82, 2.24) is 29.5 Å². The van der Waals surface area contributed by atoms with Gasteiger partial charge in [-0.1, -0.05) is 20.8 Å². The summed E-state index contributed by atoms with van der Waals surface area (Å²) in [5, 5.41) is 4.98. The van der Waals surface area contributed by atoms with E-state index in [-0.39, 0.29) is 11.7 Å². The molecule has 7 nitrogen and oxygen atoms in total. The summed E-state index contributed by atoms with van der Waals surface area (Å²) in [5.41, 5.74) is 6.68. The number of hydrogen-bond donors (Lipinski definition) is 1. The van der Waals surface area contributed by atoms with Crippen LogP contribution in [-0.4, -0.2) is 62.2 Å². The number of piperazine rings is 1. The van der Waals surface area contributed by atoms with E-state index in [0.717, 1.165) is 71.8 Å². The van der Waals surface area contributed by atoms with Crippen molar-refractivity contribution in [3.05, 3.63) is 41.2 Å². The first-order valence-corrected chi connectivity index (χ1v) is 11.4. The van der Waals surface area contributed by atoms with E-state index in [9.17, 15) is 0 Å². The van der Waals surface area contributed by atoms with Gasteiger partial charge in [0.15, 0.2) is 17.3 Å². The molecule has 4 aromatic heterocycles. The van der Waals surface area contributed by atoms with Crippen molar-refractivity contribution in [2.24, 2.45) is 0 Å². The molecule has 1 aliphatic heterocycles. The molecule has 0 aliphatic carbocycles. The average Bonchev–Trinajstić information content (AvgIpc) is 3.42. The van der Waals surface area contributed by atoms with Gasteiger partial charge in [0.2, 0.25) is 0 Å². The van der Waals surface area contributed by atoms with E-state index in [2.05, 4.69) is 64.5 Å². The predicted molar refractivity (Wildman–Crippen MR) is 126 cm³/mol. The van der Waals surface area contributed by atoms with Crippen molar-refractivity contribution in [2.45, 2.75) is 40.5 Å². The number of aromatic nitrogens is 5. The summed E-state index contributed by atoms with van der Waals surface area (Å²) >= 11 is 0. The van der Waals surface area contributed by atoms with Gasteiger partial charge in [-0.2, -0.15) is 5.10 Å². The Bertz CT molecular complexity index is 1300. The van der Waals surface area contributed by atoms with E-state index in [1.54, 1.807) is 17.0 Å². The number of hydrogen-bond acceptors (Lipinski definition) is 5. The molecule has 5 heterocycles. The Kier molecular flexibility index (Phi) is 5.12. The van der Waals surface area contributed by atoms with Crippen LogP contribution in [0.5, 0.6) is 0 Å². The van der Waals surface area contributed by atoms with Gasteiger partial charge in [-0.05, 0) is 43.0 Å². The topological polar surface area (TPSA) is 65.3 Å². The molecule has 4 aromatic rings. The number of H-pyrrole nitrogens is 1. The summed E-state index contributed by atoms with van der Waals surface area (Å²) in [4.78, 5) is 16.9. The van der Waals surface area contributed by atoms with E-state index in [0.29, 0.717) is 11.2 Å². The Morgan fingerprint density at radius 3 is 2.53 bits per heavy atom. The van der Waals surface area contributed by atoms with Crippen LogP contribution in [0.2, 0.25) is 0 Å². The van der Waals surface area contributed by atoms with E-state index in [4.69, 9.17) is 0 Å². The number of rotatable bonds is 4. The highest BCUT2D eigenvalue weighted by atomic mass is 19.1. The van der Waals surface area contributed by atoms with Crippen molar-refractivity contribution in [3.63, 3.8) is 0 Å². The third-order valence-corrected chi connectivity index (χ3v) is 6.89. The standard InChI is InChI=1S/C24H30FN7/c1-6-30-7-9-31(10-8-30)24-21(25)20-18(11-26-24)29-22(19(20)14(2)3)17-12-32-23(27-13-28-32)16(5)15(17)4/h11-14,29H,6-10H2,1-5H3. The van der Waals surface area contributed by atoms with Crippen molar-refractivity contribution >= 4 is 22.4 Å². The van der Waals surface area contributed by atoms with Crippen molar-refractivity contribution < 1.29 is 4.39 Å². The smallest absolute Gasteiger partial charge is 0.175 e. The largest absolute Gasteiger partial charge is 0.353 e. The summed E-state index contributed by atoms with van der Waals surface area (Å²) < 4.78 is 17.8. The van der Waals surface area contributed by atoms with Crippen LogP contribution < -0.4 is 4.90 Å². The third kappa shape index (κ3) is 3.16. The number of likely N-dealkylation sites (N-methyl/N-ethyl adjacent to an activating group) is 1. The summed E-state index contributed by atoms with van der Waals surface area (Å²) in [6.45, 7) is 15.0. The lowest BCUT2D eigenvalue weighted by molar-refractivity contribution is 0.270. The molecule has 1 fully saturated rings. The van der Waals surface area contributed by atoms with Crippen molar-refractivity contribution in [3.8, 4) is 11.3 Å². The number of aryl methyl sites for hydroxylation is 1. The quantitative estimate of drug-likeness (QED) is 0.518. The highest BCUT2D eigenvalue weighted by Crippen LogP contribution is 2.40. The number of nitrogens with one attached hydrogen (secondary N) is 1. The third-order valence-electron chi connectivity index (χ3n) is 6.89. The molecule has 32 heavy (non-hydrogen) atoms. The summed E-state index contributed by atoms with van der Waals surface area (Å²) in [6.07, 6.45) is 5.33. The van der Waals surface area contributed by atoms with Gasteiger partial charge in [0.25, 0.3) is 0 Å². The Balaban J connectivity index is 1.68. The van der Waals surface area contributed by atoms with Gasteiger partial charge >= 0.3 is 0 Å². The molecule has 1 saturated heterocycles. The van der Waals surface area contributed by atoms with Gasteiger partial charge in [-0.3, -0.25) is 0 Å². The molecule has 0 bridgehead atoms. The number of nitrogens with zero attached hydrogens (tertiary/aromatic N) is 6. The molecule has 0 aromatic carbocycles. The zero-order chi connectivity index (χ0) is 22.6. The first-order chi connectivity index (χ1) is 15.4. The van der Waals surface area contributed by atoms with Gasteiger partial charge in [0, 0.05) is 43.3 Å². The fourth-order valence-electron chi connectivity index (χ4n) is 4.90. The second kappa shape index (κ2) is 7.85. The lowest BCUT2D eigenvalue weighted by Crippen LogP contribution is -2.46. The van der Waals surface area contributed by atoms with Crippen LogP contribution in [0, 0.1) is 19.7 Å². The number of fused-ring (bicyclic) bond motifs is 2. The lowest BCUT2D eigenvalue weighted by Gasteiger charge is -2.34. The molecule has 0 spiro atoms. The second-order valence-corrected chi connectivity index (χ2v) is 9.00. The highest BCUT2D eigenvalue weighted by molar-refractivity contribution is 5.94. The maximum atomic E-state index is 16.0. The van der Waals surface area contributed by atoms with Gasteiger partial charge < -0.3 is 14.8 Å². The van der Waals surface area contributed by atoms with Crippen LogP contribution >= 0.6 is 0 Å². The van der Waals surface area contributed by atoms with Gasteiger partial charge in [-0.15, -0.1) is 0 Å². The first kappa shape index (κ1) is 20.9. The normalized spacial score (nSPS) is 15.5. The van der Waals surface area contributed by atoms with Crippen molar-refractivity contribution in [2.75, 3.05) is 37.6 Å². The van der Waals surface area contributed by atoms with Crippen LogP contribution in [0.25, 0.3) is 27.8 Å². The van der Waals surface area contributed by atoms with E-state index in [1.165, 1.54) is 0 Å². The Morgan fingerprint density at radius 1 is 1.09 bits per heavy atom. The minimum atomic E-state index is -0.227. The minimum absolute atomic E-state index is 0.131. The van der Waals surface area contributed by atoms with Gasteiger partial charge in [-0.25, -0.2) is 18.9 Å². The van der Waals surface area contributed by atoms with E-state index >= 15 is 4.39 Å². The lowest BCUT2D eigenvalue weighted by atomic mass is 9.94. The molecule has 0 amide bonds. The van der Waals surface area contributed by atoms with Crippen LogP contribution in [-0.2, 0) is 0 Å². The molecule has 0 radical (unpaired) electrons. The zero-order valence-electron chi connectivity index (χ0n) is 19.4. The van der Waals surface area contributed by atoms with Crippen LogP contribution in [0.15, 0.2) is 18.7 Å².